The molecule has 0 saturated carbocycles. The molecule has 136 valence electrons. The van der Waals surface area contributed by atoms with Crippen LogP contribution in [-0.4, -0.2) is 42.1 Å². The van der Waals surface area contributed by atoms with Gasteiger partial charge in [-0.1, -0.05) is 11.2 Å². The minimum absolute atomic E-state index is 0.222. The summed E-state index contributed by atoms with van der Waals surface area (Å²) < 4.78 is 10.4. The van der Waals surface area contributed by atoms with Crippen molar-refractivity contribution in [2.75, 3.05) is 26.2 Å². The first-order chi connectivity index (χ1) is 12.8. The van der Waals surface area contributed by atoms with E-state index in [1.807, 2.05) is 11.3 Å². The number of furan rings is 1. The second-order valence-electron chi connectivity index (χ2n) is 6.44. The zero-order chi connectivity index (χ0) is 17.8. The van der Waals surface area contributed by atoms with Crippen LogP contribution in [0.5, 0.6) is 0 Å². The predicted octanol–water partition coefficient (Wildman–Crippen LogP) is 3.61. The minimum Gasteiger partial charge on any atom is -0.461 e. The van der Waals surface area contributed by atoms with E-state index in [0.29, 0.717) is 24.0 Å². The van der Waals surface area contributed by atoms with Crippen molar-refractivity contribution in [3.8, 4) is 11.5 Å². The largest absolute Gasteiger partial charge is 0.461 e. The van der Waals surface area contributed by atoms with Gasteiger partial charge < -0.3 is 19.2 Å². The number of nitrogens with one attached hydrogen (secondary N) is 1. The van der Waals surface area contributed by atoms with Crippen LogP contribution in [0.4, 0.5) is 0 Å². The van der Waals surface area contributed by atoms with Gasteiger partial charge in [0, 0.05) is 24.0 Å². The van der Waals surface area contributed by atoms with Crippen LogP contribution >= 0.6 is 11.3 Å². The SMILES string of the molecule is O=C(NCCN1CCC(c2cccs2)CC1)c1cc(-c2ccco2)on1. The number of aromatic nitrogens is 1. The number of hydrogen-bond acceptors (Lipinski definition) is 6. The van der Waals surface area contributed by atoms with Gasteiger partial charge in [-0.15, -0.1) is 11.3 Å². The summed E-state index contributed by atoms with van der Waals surface area (Å²) in [6, 6.07) is 9.49. The van der Waals surface area contributed by atoms with Gasteiger partial charge in [0.15, 0.2) is 11.5 Å². The van der Waals surface area contributed by atoms with Crippen molar-refractivity contribution in [1.29, 1.82) is 0 Å². The Morgan fingerprint density at radius 2 is 2.15 bits per heavy atom. The van der Waals surface area contributed by atoms with Crippen molar-refractivity contribution in [3.05, 3.63) is 52.5 Å². The Bertz CT molecular complexity index is 818. The van der Waals surface area contributed by atoms with Gasteiger partial charge in [0.2, 0.25) is 5.76 Å². The molecule has 26 heavy (non-hydrogen) atoms. The molecule has 0 spiro atoms. The molecule has 1 aliphatic rings. The molecule has 4 rings (SSSR count). The average molecular weight is 371 g/mol. The van der Waals surface area contributed by atoms with Gasteiger partial charge in [0.25, 0.3) is 5.91 Å². The number of carbonyl (C=O) groups is 1. The fourth-order valence-electron chi connectivity index (χ4n) is 3.30. The van der Waals surface area contributed by atoms with E-state index in [4.69, 9.17) is 8.94 Å². The van der Waals surface area contributed by atoms with Gasteiger partial charge in [-0.05, 0) is 55.4 Å². The lowest BCUT2D eigenvalue weighted by Gasteiger charge is -2.31. The lowest BCUT2D eigenvalue weighted by Crippen LogP contribution is -2.39. The third-order valence-electron chi connectivity index (χ3n) is 4.75. The highest BCUT2D eigenvalue weighted by Gasteiger charge is 2.21. The number of carbonyl (C=O) groups excluding carboxylic acids is 1. The minimum atomic E-state index is -0.222. The average Bonchev–Trinajstić information content (AvgIpc) is 3.44. The smallest absolute Gasteiger partial charge is 0.273 e. The Morgan fingerprint density at radius 3 is 2.88 bits per heavy atom. The van der Waals surface area contributed by atoms with E-state index >= 15 is 0 Å². The molecule has 1 amide bonds. The molecule has 3 aromatic heterocycles. The van der Waals surface area contributed by atoms with Crippen molar-refractivity contribution in [1.82, 2.24) is 15.4 Å². The number of rotatable bonds is 6. The third-order valence-corrected chi connectivity index (χ3v) is 5.79. The first-order valence-corrected chi connectivity index (χ1v) is 9.72. The van der Waals surface area contributed by atoms with Crippen LogP contribution in [0.2, 0.25) is 0 Å². The monoisotopic (exact) mass is 371 g/mol. The van der Waals surface area contributed by atoms with Crippen molar-refractivity contribution in [2.24, 2.45) is 0 Å². The second-order valence-corrected chi connectivity index (χ2v) is 7.42. The molecule has 3 aromatic rings. The molecule has 0 radical (unpaired) electrons. The highest BCUT2D eigenvalue weighted by molar-refractivity contribution is 7.10. The molecule has 1 aliphatic heterocycles. The Balaban J connectivity index is 1.21. The number of thiophene rings is 1. The summed E-state index contributed by atoms with van der Waals surface area (Å²) >= 11 is 1.85. The quantitative estimate of drug-likeness (QED) is 0.717. The van der Waals surface area contributed by atoms with E-state index in [-0.39, 0.29) is 11.6 Å². The third kappa shape index (κ3) is 3.89. The fraction of sp³-hybridized carbons (Fsp3) is 0.368. The molecular weight excluding hydrogens is 350 g/mol. The molecule has 6 nitrogen and oxygen atoms in total. The normalized spacial score (nSPS) is 16.0. The molecule has 0 atom stereocenters. The summed E-state index contributed by atoms with van der Waals surface area (Å²) in [6.45, 7) is 3.60. The van der Waals surface area contributed by atoms with Crippen LogP contribution in [0, 0.1) is 0 Å². The summed E-state index contributed by atoms with van der Waals surface area (Å²) in [4.78, 5) is 16.1. The van der Waals surface area contributed by atoms with Crippen LogP contribution in [0.15, 0.2) is 50.9 Å². The van der Waals surface area contributed by atoms with Gasteiger partial charge in [0.05, 0.1) is 6.26 Å². The maximum Gasteiger partial charge on any atom is 0.273 e. The van der Waals surface area contributed by atoms with Crippen molar-refractivity contribution < 1.29 is 13.7 Å². The van der Waals surface area contributed by atoms with Crippen LogP contribution in [-0.2, 0) is 0 Å². The van der Waals surface area contributed by atoms with Crippen molar-refractivity contribution >= 4 is 17.2 Å². The first-order valence-electron chi connectivity index (χ1n) is 8.84. The predicted molar refractivity (Wildman–Crippen MR) is 99.3 cm³/mol. The number of hydrogen-bond donors (Lipinski definition) is 1. The van der Waals surface area contributed by atoms with Crippen molar-refractivity contribution in [3.63, 3.8) is 0 Å². The topological polar surface area (TPSA) is 71.5 Å². The summed E-state index contributed by atoms with van der Waals surface area (Å²) in [5, 5.41) is 8.88. The molecule has 4 heterocycles. The van der Waals surface area contributed by atoms with Gasteiger partial charge in [0.1, 0.15) is 0 Å². The Labute approximate surface area is 155 Å². The summed E-state index contributed by atoms with van der Waals surface area (Å²) in [6.07, 6.45) is 3.92. The molecule has 0 aliphatic carbocycles. The first kappa shape index (κ1) is 17.1. The van der Waals surface area contributed by atoms with Crippen LogP contribution in [0.1, 0.15) is 34.1 Å². The van der Waals surface area contributed by atoms with Crippen molar-refractivity contribution in [2.45, 2.75) is 18.8 Å². The standard InChI is InChI=1S/C19H21N3O3S/c23-19(15-13-17(25-21-15)16-3-1-11-24-16)20-7-10-22-8-5-14(6-9-22)18-4-2-12-26-18/h1-4,11-14H,5-10H2,(H,20,23). The number of likely N-dealkylation sites (tertiary alicyclic amines) is 1. The van der Waals surface area contributed by atoms with E-state index < -0.39 is 0 Å². The van der Waals surface area contributed by atoms with E-state index in [2.05, 4.69) is 32.9 Å². The Kier molecular flexibility index (Phi) is 5.17. The second kappa shape index (κ2) is 7.88. The van der Waals surface area contributed by atoms with Crippen LogP contribution in [0.3, 0.4) is 0 Å². The van der Waals surface area contributed by atoms with Gasteiger partial charge in [-0.2, -0.15) is 0 Å². The van der Waals surface area contributed by atoms with E-state index in [1.54, 1.807) is 24.5 Å². The van der Waals surface area contributed by atoms with Gasteiger partial charge in [-0.3, -0.25) is 4.79 Å². The van der Waals surface area contributed by atoms with Gasteiger partial charge in [-0.25, -0.2) is 0 Å². The van der Waals surface area contributed by atoms with Gasteiger partial charge >= 0.3 is 0 Å². The van der Waals surface area contributed by atoms with E-state index in [1.165, 1.54) is 17.7 Å². The summed E-state index contributed by atoms with van der Waals surface area (Å²) in [7, 11) is 0. The fourth-order valence-corrected chi connectivity index (χ4v) is 4.20. The number of amides is 1. The lowest BCUT2D eigenvalue weighted by atomic mass is 9.95. The van der Waals surface area contributed by atoms with Crippen LogP contribution in [0.25, 0.3) is 11.5 Å². The summed E-state index contributed by atoms with van der Waals surface area (Å²) in [5.74, 6) is 1.48. The molecule has 1 saturated heterocycles. The lowest BCUT2D eigenvalue weighted by molar-refractivity contribution is 0.0937. The van der Waals surface area contributed by atoms with Crippen LogP contribution < -0.4 is 5.32 Å². The molecule has 0 bridgehead atoms. The van der Waals surface area contributed by atoms with E-state index in [0.717, 1.165) is 19.6 Å². The Morgan fingerprint density at radius 1 is 1.27 bits per heavy atom. The molecule has 1 fully saturated rings. The number of piperidine rings is 1. The molecule has 1 N–H and O–H groups in total. The maximum absolute atomic E-state index is 12.2. The zero-order valence-electron chi connectivity index (χ0n) is 14.4. The molecule has 7 heteroatoms. The molecule has 0 unspecified atom stereocenters. The maximum atomic E-state index is 12.2. The zero-order valence-corrected chi connectivity index (χ0v) is 15.2. The highest BCUT2D eigenvalue weighted by atomic mass is 32.1. The summed E-state index contributed by atoms with van der Waals surface area (Å²) in [5.41, 5.74) is 0.271. The van der Waals surface area contributed by atoms with E-state index in [9.17, 15) is 4.79 Å². The Hall–Kier alpha value is -2.38. The molecule has 0 aromatic carbocycles. The number of nitrogens with zero attached hydrogens (tertiary/aromatic N) is 2. The molecular formula is C19H21N3O3S. The highest BCUT2D eigenvalue weighted by Crippen LogP contribution is 2.30.